The van der Waals surface area contributed by atoms with E-state index in [4.69, 9.17) is 10.8 Å². The Kier molecular flexibility index (Phi) is 5.96. The molecule has 0 bridgehead atoms. The van der Waals surface area contributed by atoms with Gasteiger partial charge in [0.2, 0.25) is 0 Å². The van der Waals surface area contributed by atoms with Crippen LogP contribution in [0.15, 0.2) is 12.3 Å². The molecular formula is C14H21N3O3. The highest BCUT2D eigenvalue weighted by Gasteiger charge is 2.12. The Morgan fingerprint density at radius 2 is 2.15 bits per heavy atom. The van der Waals surface area contributed by atoms with Gasteiger partial charge < -0.3 is 16.2 Å². The number of carbonyl (C=O) groups excluding carboxylic acids is 1. The van der Waals surface area contributed by atoms with Crippen molar-refractivity contribution in [3.63, 3.8) is 0 Å². The van der Waals surface area contributed by atoms with Crippen molar-refractivity contribution in [3.8, 4) is 0 Å². The third-order valence-corrected chi connectivity index (χ3v) is 3.19. The van der Waals surface area contributed by atoms with Crippen molar-refractivity contribution in [3.05, 3.63) is 23.4 Å². The fourth-order valence-electron chi connectivity index (χ4n) is 1.95. The Morgan fingerprint density at radius 1 is 1.45 bits per heavy atom. The number of carboxylic acid groups (broad SMARTS) is 1. The van der Waals surface area contributed by atoms with E-state index in [1.807, 2.05) is 13.8 Å². The zero-order valence-electron chi connectivity index (χ0n) is 11.8. The fourth-order valence-corrected chi connectivity index (χ4v) is 1.95. The Labute approximate surface area is 118 Å². The average molecular weight is 279 g/mol. The van der Waals surface area contributed by atoms with Gasteiger partial charge >= 0.3 is 5.97 Å². The number of nitrogens with two attached hydrogens (primary N) is 1. The number of carboxylic acids is 1. The summed E-state index contributed by atoms with van der Waals surface area (Å²) in [6.45, 7) is 4.43. The smallest absolute Gasteiger partial charge is 0.303 e. The van der Waals surface area contributed by atoms with Gasteiger partial charge in [0.05, 0.1) is 5.56 Å². The van der Waals surface area contributed by atoms with Crippen LogP contribution in [0.25, 0.3) is 0 Å². The number of aromatic nitrogens is 1. The van der Waals surface area contributed by atoms with Gasteiger partial charge in [0, 0.05) is 19.2 Å². The van der Waals surface area contributed by atoms with Gasteiger partial charge in [0.25, 0.3) is 5.91 Å². The number of amides is 1. The summed E-state index contributed by atoms with van der Waals surface area (Å²) in [5.74, 6) is -0.499. The van der Waals surface area contributed by atoms with E-state index < -0.39 is 11.9 Å². The van der Waals surface area contributed by atoms with Crippen LogP contribution in [0.5, 0.6) is 0 Å². The molecule has 0 radical (unpaired) electrons. The van der Waals surface area contributed by atoms with E-state index in [0.717, 1.165) is 12.0 Å². The molecule has 20 heavy (non-hydrogen) atoms. The van der Waals surface area contributed by atoms with Crippen LogP contribution in [-0.2, 0) is 4.79 Å². The van der Waals surface area contributed by atoms with Gasteiger partial charge in [-0.25, -0.2) is 4.98 Å². The van der Waals surface area contributed by atoms with E-state index in [-0.39, 0.29) is 6.42 Å². The lowest BCUT2D eigenvalue weighted by molar-refractivity contribution is -0.137. The number of rotatable bonds is 8. The highest BCUT2D eigenvalue weighted by Crippen LogP contribution is 2.17. The fraction of sp³-hybridized carbons (Fsp3) is 0.500. The van der Waals surface area contributed by atoms with Crippen molar-refractivity contribution in [2.45, 2.75) is 33.1 Å². The first-order valence-electron chi connectivity index (χ1n) is 6.63. The lowest BCUT2D eigenvalue weighted by Crippen LogP contribution is -2.18. The van der Waals surface area contributed by atoms with E-state index >= 15 is 0 Å². The minimum Gasteiger partial charge on any atom is -0.481 e. The Balaban J connectivity index is 2.52. The Hall–Kier alpha value is -2.11. The monoisotopic (exact) mass is 279 g/mol. The molecule has 1 aromatic heterocycles. The standard InChI is InChI=1S/C14H21N3O3/c1-9(3-4-11(18)19)5-7-16-14-12(13(15)20)10(2)6-8-17-14/h6,8-9H,3-5,7H2,1-2H3,(H2,15,20)(H,16,17)(H,18,19). The van der Waals surface area contributed by atoms with Crippen molar-refractivity contribution in [1.29, 1.82) is 0 Å². The molecule has 110 valence electrons. The summed E-state index contributed by atoms with van der Waals surface area (Å²) in [6.07, 6.45) is 3.25. The van der Waals surface area contributed by atoms with E-state index in [1.165, 1.54) is 0 Å². The van der Waals surface area contributed by atoms with Crippen molar-refractivity contribution < 1.29 is 14.7 Å². The molecule has 0 saturated carbocycles. The van der Waals surface area contributed by atoms with Gasteiger partial charge in [-0.15, -0.1) is 0 Å². The van der Waals surface area contributed by atoms with Crippen LogP contribution in [-0.4, -0.2) is 28.5 Å². The predicted molar refractivity (Wildman–Crippen MR) is 76.6 cm³/mol. The Bertz CT molecular complexity index is 489. The molecular weight excluding hydrogens is 258 g/mol. The molecule has 0 aliphatic heterocycles. The maximum atomic E-state index is 11.4. The Morgan fingerprint density at radius 3 is 2.75 bits per heavy atom. The molecule has 0 aromatic carbocycles. The lowest BCUT2D eigenvalue weighted by Gasteiger charge is -2.13. The third-order valence-electron chi connectivity index (χ3n) is 3.19. The highest BCUT2D eigenvalue weighted by atomic mass is 16.4. The van der Waals surface area contributed by atoms with Crippen LogP contribution in [0.1, 0.15) is 42.1 Å². The molecule has 1 heterocycles. The maximum Gasteiger partial charge on any atom is 0.303 e. The molecule has 1 rings (SSSR count). The number of nitrogens with zero attached hydrogens (tertiary/aromatic N) is 1. The molecule has 0 aliphatic rings. The lowest BCUT2D eigenvalue weighted by atomic mass is 10.0. The van der Waals surface area contributed by atoms with E-state index in [1.54, 1.807) is 12.3 Å². The molecule has 1 atom stereocenters. The van der Waals surface area contributed by atoms with Crippen molar-refractivity contribution in [1.82, 2.24) is 4.98 Å². The van der Waals surface area contributed by atoms with Gasteiger partial charge in [0.15, 0.2) is 0 Å². The number of hydrogen-bond donors (Lipinski definition) is 3. The topological polar surface area (TPSA) is 105 Å². The summed E-state index contributed by atoms with van der Waals surface area (Å²) in [5, 5.41) is 11.7. The minimum atomic E-state index is -0.777. The van der Waals surface area contributed by atoms with Crippen LogP contribution in [0.3, 0.4) is 0 Å². The maximum absolute atomic E-state index is 11.4. The van der Waals surface area contributed by atoms with Gasteiger partial charge in [0.1, 0.15) is 5.82 Å². The predicted octanol–water partition coefficient (Wildman–Crippen LogP) is 1.79. The summed E-state index contributed by atoms with van der Waals surface area (Å²) in [6, 6.07) is 1.74. The average Bonchev–Trinajstić information content (AvgIpc) is 2.36. The second-order valence-electron chi connectivity index (χ2n) is 4.97. The first-order valence-corrected chi connectivity index (χ1v) is 6.63. The minimum absolute atomic E-state index is 0.177. The van der Waals surface area contributed by atoms with E-state index in [9.17, 15) is 9.59 Å². The number of anilines is 1. The molecule has 1 aromatic rings. The quantitative estimate of drug-likeness (QED) is 0.672. The largest absolute Gasteiger partial charge is 0.481 e. The molecule has 6 nitrogen and oxygen atoms in total. The number of aliphatic carboxylic acids is 1. The zero-order valence-corrected chi connectivity index (χ0v) is 11.8. The summed E-state index contributed by atoms with van der Waals surface area (Å²) in [7, 11) is 0. The van der Waals surface area contributed by atoms with Crippen LogP contribution >= 0.6 is 0 Å². The van der Waals surface area contributed by atoms with Gasteiger partial charge in [-0.3, -0.25) is 9.59 Å². The van der Waals surface area contributed by atoms with Crippen molar-refractivity contribution >= 4 is 17.7 Å². The number of primary amides is 1. The van der Waals surface area contributed by atoms with Crippen LogP contribution in [0.2, 0.25) is 0 Å². The number of aryl methyl sites for hydroxylation is 1. The van der Waals surface area contributed by atoms with Gasteiger partial charge in [-0.05, 0) is 37.3 Å². The first kappa shape index (κ1) is 15.9. The van der Waals surface area contributed by atoms with Gasteiger partial charge in [-0.1, -0.05) is 6.92 Å². The number of carbonyl (C=O) groups is 2. The van der Waals surface area contributed by atoms with Crippen LogP contribution in [0.4, 0.5) is 5.82 Å². The normalized spacial score (nSPS) is 11.9. The number of hydrogen-bond acceptors (Lipinski definition) is 4. The summed E-state index contributed by atoms with van der Waals surface area (Å²) in [5.41, 5.74) is 6.54. The van der Waals surface area contributed by atoms with Crippen molar-refractivity contribution in [2.24, 2.45) is 11.7 Å². The molecule has 4 N–H and O–H groups in total. The molecule has 1 unspecified atom stereocenters. The first-order chi connectivity index (χ1) is 9.41. The zero-order chi connectivity index (χ0) is 15.1. The molecule has 1 amide bonds. The van der Waals surface area contributed by atoms with E-state index in [0.29, 0.717) is 30.3 Å². The third kappa shape index (κ3) is 4.87. The second kappa shape index (κ2) is 7.47. The van der Waals surface area contributed by atoms with Crippen LogP contribution < -0.4 is 11.1 Å². The summed E-state index contributed by atoms with van der Waals surface area (Å²) >= 11 is 0. The molecule has 6 heteroatoms. The molecule has 0 aliphatic carbocycles. The summed E-state index contributed by atoms with van der Waals surface area (Å²) < 4.78 is 0. The number of pyridine rings is 1. The van der Waals surface area contributed by atoms with Crippen LogP contribution in [0, 0.1) is 12.8 Å². The highest BCUT2D eigenvalue weighted by molar-refractivity contribution is 5.98. The molecule has 0 fully saturated rings. The van der Waals surface area contributed by atoms with E-state index in [2.05, 4.69) is 10.3 Å². The van der Waals surface area contributed by atoms with Crippen molar-refractivity contribution in [2.75, 3.05) is 11.9 Å². The SMILES string of the molecule is Cc1ccnc(NCCC(C)CCC(=O)O)c1C(N)=O. The summed E-state index contributed by atoms with van der Waals surface area (Å²) in [4.78, 5) is 26.0. The molecule has 0 saturated heterocycles. The second-order valence-corrected chi connectivity index (χ2v) is 4.97. The van der Waals surface area contributed by atoms with Gasteiger partial charge in [-0.2, -0.15) is 0 Å². The molecule has 0 spiro atoms. The number of nitrogens with one attached hydrogen (secondary N) is 1.